The summed E-state index contributed by atoms with van der Waals surface area (Å²) in [5.74, 6) is 2.13. The molecule has 2 aliphatic rings. The molecule has 0 saturated carbocycles. The fraction of sp³-hybridized carbons (Fsp3) is 0.375. The molecule has 2 aromatic carbocycles. The maximum absolute atomic E-state index is 12.7. The summed E-state index contributed by atoms with van der Waals surface area (Å²) in [6.07, 6.45) is 1.78. The number of aryl methyl sites for hydroxylation is 1. The molecule has 5 rings (SSSR count). The molecule has 3 heterocycles. The van der Waals surface area contributed by atoms with Crippen LogP contribution in [0.5, 0.6) is 11.5 Å². The minimum Gasteiger partial charge on any atom is -0.495 e. The van der Waals surface area contributed by atoms with Gasteiger partial charge in [0.05, 0.1) is 23.7 Å². The third kappa shape index (κ3) is 3.77. The van der Waals surface area contributed by atoms with Crippen molar-refractivity contribution in [2.45, 2.75) is 19.4 Å². The normalized spacial score (nSPS) is 15.7. The Balaban J connectivity index is 1.21. The number of carbonyl (C=O) groups is 1. The van der Waals surface area contributed by atoms with Gasteiger partial charge in [-0.2, -0.15) is 0 Å². The predicted octanol–water partition coefficient (Wildman–Crippen LogP) is 2.08. The van der Waals surface area contributed by atoms with Gasteiger partial charge in [0.1, 0.15) is 17.3 Å². The molecule has 2 aliphatic heterocycles. The highest BCUT2D eigenvalue weighted by molar-refractivity contribution is 5.80. The molecule has 0 unspecified atom stereocenters. The van der Waals surface area contributed by atoms with Crippen LogP contribution < -0.4 is 19.9 Å². The summed E-state index contributed by atoms with van der Waals surface area (Å²) in [4.78, 5) is 34.1. The van der Waals surface area contributed by atoms with E-state index < -0.39 is 0 Å². The molecule has 0 spiro atoms. The second-order valence-corrected chi connectivity index (χ2v) is 8.10. The summed E-state index contributed by atoms with van der Waals surface area (Å²) in [6.45, 7) is 3.36. The maximum Gasteiger partial charge on any atom is 0.261 e. The number of nitrogens with zero attached hydrogens (tertiary/aromatic N) is 4. The van der Waals surface area contributed by atoms with Gasteiger partial charge < -0.3 is 19.3 Å². The standard InChI is InChI=1S/C24H26N4O4/c1-31-21-6-3-2-5-20(21)26-11-13-27(14-12-26)23(29)16-32-17-8-9-19-18(15-17)24(30)28-10-4-7-22(28)25-19/h2-3,5-6,8-9,15H,4,7,10-14,16H2,1H3. The number of benzene rings is 2. The van der Waals surface area contributed by atoms with Crippen LogP contribution in [0.1, 0.15) is 12.2 Å². The molecule has 0 atom stereocenters. The zero-order valence-corrected chi connectivity index (χ0v) is 18.1. The zero-order valence-electron chi connectivity index (χ0n) is 18.1. The van der Waals surface area contributed by atoms with E-state index in [1.165, 1.54) is 0 Å². The quantitative estimate of drug-likeness (QED) is 0.612. The molecule has 0 aliphatic carbocycles. The van der Waals surface area contributed by atoms with Gasteiger partial charge in [-0.25, -0.2) is 4.98 Å². The van der Waals surface area contributed by atoms with Crippen molar-refractivity contribution in [3.8, 4) is 11.5 Å². The van der Waals surface area contributed by atoms with Crippen LogP contribution in [0.4, 0.5) is 5.69 Å². The van der Waals surface area contributed by atoms with Crippen LogP contribution in [-0.4, -0.2) is 60.3 Å². The first kappa shape index (κ1) is 20.4. The first-order chi connectivity index (χ1) is 15.6. The monoisotopic (exact) mass is 434 g/mol. The van der Waals surface area contributed by atoms with Crippen molar-refractivity contribution in [2.75, 3.05) is 44.8 Å². The highest BCUT2D eigenvalue weighted by Gasteiger charge is 2.23. The van der Waals surface area contributed by atoms with Gasteiger partial charge in [-0.3, -0.25) is 14.2 Å². The zero-order chi connectivity index (χ0) is 22.1. The van der Waals surface area contributed by atoms with Crippen LogP contribution in [-0.2, 0) is 17.8 Å². The molecule has 1 aromatic heterocycles. The Kier molecular flexibility index (Phi) is 5.43. The summed E-state index contributed by atoms with van der Waals surface area (Å²) in [5.41, 5.74) is 1.68. The van der Waals surface area contributed by atoms with E-state index in [1.807, 2.05) is 29.2 Å². The molecule has 3 aromatic rings. The Bertz CT molecular complexity index is 1210. The van der Waals surface area contributed by atoms with Gasteiger partial charge in [0, 0.05) is 39.1 Å². The number of rotatable bonds is 5. The smallest absolute Gasteiger partial charge is 0.261 e. The van der Waals surface area contributed by atoms with E-state index in [-0.39, 0.29) is 18.1 Å². The lowest BCUT2D eigenvalue weighted by atomic mass is 10.2. The summed E-state index contributed by atoms with van der Waals surface area (Å²) >= 11 is 0. The molecule has 8 nitrogen and oxygen atoms in total. The average molecular weight is 434 g/mol. The third-order valence-electron chi connectivity index (χ3n) is 6.21. The maximum atomic E-state index is 12.7. The number of hydrogen-bond acceptors (Lipinski definition) is 6. The fourth-order valence-electron chi connectivity index (χ4n) is 4.48. The molecular weight excluding hydrogens is 408 g/mol. The van der Waals surface area contributed by atoms with E-state index in [1.54, 1.807) is 29.9 Å². The van der Waals surface area contributed by atoms with Crippen molar-refractivity contribution in [3.05, 3.63) is 58.6 Å². The first-order valence-corrected chi connectivity index (χ1v) is 11.0. The first-order valence-electron chi connectivity index (χ1n) is 11.0. The Morgan fingerprint density at radius 1 is 1.06 bits per heavy atom. The molecule has 1 amide bonds. The van der Waals surface area contributed by atoms with Crippen molar-refractivity contribution in [1.82, 2.24) is 14.5 Å². The number of ether oxygens (including phenoxy) is 2. The number of para-hydroxylation sites is 2. The van der Waals surface area contributed by atoms with Gasteiger partial charge in [0.2, 0.25) is 0 Å². The van der Waals surface area contributed by atoms with Gasteiger partial charge in [-0.15, -0.1) is 0 Å². The van der Waals surface area contributed by atoms with Gasteiger partial charge in [0.15, 0.2) is 6.61 Å². The van der Waals surface area contributed by atoms with Gasteiger partial charge in [-0.05, 0) is 36.8 Å². The van der Waals surface area contributed by atoms with Gasteiger partial charge in [0.25, 0.3) is 11.5 Å². The topological polar surface area (TPSA) is 76.9 Å². The number of fused-ring (bicyclic) bond motifs is 2. The van der Waals surface area contributed by atoms with E-state index in [0.29, 0.717) is 36.3 Å². The molecular formula is C24H26N4O4. The third-order valence-corrected chi connectivity index (χ3v) is 6.21. The summed E-state index contributed by atoms with van der Waals surface area (Å²) in [5, 5.41) is 0.533. The Morgan fingerprint density at radius 2 is 1.88 bits per heavy atom. The second-order valence-electron chi connectivity index (χ2n) is 8.10. The van der Waals surface area contributed by atoms with Crippen LogP contribution in [0.25, 0.3) is 10.9 Å². The minimum atomic E-state index is -0.0615. The number of hydrogen-bond donors (Lipinski definition) is 0. The lowest BCUT2D eigenvalue weighted by Gasteiger charge is -2.36. The van der Waals surface area contributed by atoms with Crippen LogP contribution in [0.2, 0.25) is 0 Å². The number of piperazine rings is 1. The summed E-state index contributed by atoms with van der Waals surface area (Å²) in [7, 11) is 1.67. The molecule has 1 saturated heterocycles. The molecule has 0 radical (unpaired) electrons. The highest BCUT2D eigenvalue weighted by Crippen LogP contribution is 2.28. The molecule has 0 N–H and O–H groups in total. The van der Waals surface area contributed by atoms with E-state index in [2.05, 4.69) is 9.88 Å². The molecule has 166 valence electrons. The van der Waals surface area contributed by atoms with Crippen molar-refractivity contribution < 1.29 is 14.3 Å². The van der Waals surface area contributed by atoms with Crippen LogP contribution >= 0.6 is 0 Å². The number of methoxy groups -OCH3 is 1. The van der Waals surface area contributed by atoms with Crippen molar-refractivity contribution in [3.63, 3.8) is 0 Å². The van der Waals surface area contributed by atoms with E-state index in [4.69, 9.17) is 9.47 Å². The lowest BCUT2D eigenvalue weighted by molar-refractivity contribution is -0.133. The summed E-state index contributed by atoms with van der Waals surface area (Å²) < 4.78 is 12.9. The van der Waals surface area contributed by atoms with E-state index in [9.17, 15) is 9.59 Å². The summed E-state index contributed by atoms with van der Waals surface area (Å²) in [6, 6.07) is 13.2. The number of carbonyl (C=O) groups excluding carboxylic acids is 1. The fourth-order valence-corrected chi connectivity index (χ4v) is 4.48. The van der Waals surface area contributed by atoms with Crippen LogP contribution in [0.15, 0.2) is 47.3 Å². The predicted molar refractivity (Wildman–Crippen MR) is 122 cm³/mol. The molecule has 8 heteroatoms. The highest BCUT2D eigenvalue weighted by atomic mass is 16.5. The Morgan fingerprint density at radius 3 is 2.69 bits per heavy atom. The van der Waals surface area contributed by atoms with Crippen molar-refractivity contribution in [2.24, 2.45) is 0 Å². The van der Waals surface area contributed by atoms with Crippen molar-refractivity contribution in [1.29, 1.82) is 0 Å². The molecule has 0 bridgehead atoms. The Labute approximate surface area is 186 Å². The largest absolute Gasteiger partial charge is 0.495 e. The Hall–Kier alpha value is -3.55. The number of amides is 1. The van der Waals surface area contributed by atoms with Crippen molar-refractivity contribution >= 4 is 22.5 Å². The minimum absolute atomic E-state index is 0.0354. The molecule has 1 fully saturated rings. The van der Waals surface area contributed by atoms with Crippen LogP contribution in [0, 0.1) is 0 Å². The van der Waals surface area contributed by atoms with Crippen LogP contribution in [0.3, 0.4) is 0 Å². The number of aromatic nitrogens is 2. The number of anilines is 1. The second kappa shape index (κ2) is 8.53. The average Bonchev–Trinajstić information content (AvgIpc) is 3.32. The van der Waals surface area contributed by atoms with Gasteiger partial charge >= 0.3 is 0 Å². The van der Waals surface area contributed by atoms with Gasteiger partial charge in [-0.1, -0.05) is 12.1 Å². The lowest BCUT2D eigenvalue weighted by Crippen LogP contribution is -2.50. The molecule has 32 heavy (non-hydrogen) atoms. The SMILES string of the molecule is COc1ccccc1N1CCN(C(=O)COc2ccc3nc4n(c(=O)c3c2)CCC4)CC1. The van der Waals surface area contributed by atoms with E-state index >= 15 is 0 Å². The van der Waals surface area contributed by atoms with E-state index in [0.717, 1.165) is 43.2 Å².